The Labute approximate surface area is 132 Å². The molecule has 0 unspecified atom stereocenters. The fourth-order valence-corrected chi connectivity index (χ4v) is 5.46. The number of phenols is 1. The second kappa shape index (κ2) is 4.61. The van der Waals surface area contributed by atoms with Crippen LogP contribution in [-0.4, -0.2) is 15.8 Å². The molecule has 2 saturated carbocycles. The molecule has 4 atom stereocenters. The van der Waals surface area contributed by atoms with Gasteiger partial charge in [-0.05, 0) is 84.6 Å². The number of aryl methyl sites for hydroxylation is 1. The van der Waals surface area contributed by atoms with Gasteiger partial charge in [-0.25, -0.2) is 0 Å². The van der Waals surface area contributed by atoms with Crippen molar-refractivity contribution in [3.8, 4) is 5.75 Å². The minimum absolute atomic E-state index is 0.282. The van der Waals surface area contributed by atoms with E-state index in [0.29, 0.717) is 17.6 Å². The predicted octanol–water partition coefficient (Wildman–Crippen LogP) is 4.30. The summed E-state index contributed by atoms with van der Waals surface area (Å²) in [6.07, 6.45) is 8.45. The van der Waals surface area contributed by atoms with Gasteiger partial charge in [-0.2, -0.15) is 0 Å². The molecule has 0 amide bonds. The van der Waals surface area contributed by atoms with Gasteiger partial charge in [0.1, 0.15) is 5.75 Å². The standard InChI is InChI=1S/C20H26O2/c1-13-3-6-18-19(13,2)9-8-16-11-15-12-17(21)5-4-14(15)7-10-20(16,18)22/h4-5,11-13,18,21-22H,3,6-10H2,1-2H3/t13-,18+,19+,20+/m0/s1. The van der Waals surface area contributed by atoms with Crippen molar-refractivity contribution in [3.63, 3.8) is 0 Å². The molecular weight excluding hydrogens is 272 g/mol. The lowest BCUT2D eigenvalue weighted by atomic mass is 9.57. The third-order valence-corrected chi connectivity index (χ3v) is 7.11. The minimum atomic E-state index is -0.646. The first kappa shape index (κ1) is 14.3. The zero-order chi connectivity index (χ0) is 15.5. The van der Waals surface area contributed by atoms with Gasteiger partial charge in [0.25, 0.3) is 0 Å². The highest BCUT2D eigenvalue weighted by Gasteiger charge is 2.57. The Hall–Kier alpha value is -1.28. The fourth-order valence-electron chi connectivity index (χ4n) is 5.46. The number of rotatable bonds is 0. The number of hydrogen-bond donors (Lipinski definition) is 2. The summed E-state index contributed by atoms with van der Waals surface area (Å²) in [5.41, 5.74) is 3.19. The number of hydrogen-bond acceptors (Lipinski definition) is 2. The van der Waals surface area contributed by atoms with E-state index < -0.39 is 5.60 Å². The van der Waals surface area contributed by atoms with Crippen LogP contribution in [0, 0.1) is 17.3 Å². The molecule has 0 aliphatic heterocycles. The van der Waals surface area contributed by atoms with Crippen molar-refractivity contribution in [2.45, 2.75) is 58.0 Å². The molecule has 0 spiro atoms. The molecule has 2 heteroatoms. The number of aromatic hydroxyl groups is 1. The molecule has 0 saturated heterocycles. The summed E-state index contributed by atoms with van der Waals surface area (Å²) in [7, 11) is 0. The molecule has 1 aromatic rings. The maximum absolute atomic E-state index is 11.6. The van der Waals surface area contributed by atoms with E-state index in [1.165, 1.54) is 24.0 Å². The van der Waals surface area contributed by atoms with Crippen molar-refractivity contribution < 1.29 is 10.2 Å². The third kappa shape index (κ3) is 1.83. The van der Waals surface area contributed by atoms with Crippen molar-refractivity contribution in [2.75, 3.05) is 0 Å². The highest BCUT2D eigenvalue weighted by atomic mass is 16.3. The van der Waals surface area contributed by atoms with Crippen LogP contribution < -0.4 is 0 Å². The van der Waals surface area contributed by atoms with Crippen LogP contribution in [0.15, 0.2) is 23.8 Å². The summed E-state index contributed by atoms with van der Waals surface area (Å²) < 4.78 is 0. The van der Waals surface area contributed by atoms with E-state index in [2.05, 4.69) is 19.9 Å². The molecule has 2 N–H and O–H groups in total. The summed E-state index contributed by atoms with van der Waals surface area (Å²) in [4.78, 5) is 0. The SMILES string of the molecule is C[C@H]1CC[C@@H]2[C@]1(C)CCC1=Cc3cc(O)ccc3CC[C@@]12O. The lowest BCUT2D eigenvalue weighted by Crippen LogP contribution is -2.50. The van der Waals surface area contributed by atoms with E-state index in [4.69, 9.17) is 0 Å². The summed E-state index contributed by atoms with van der Waals surface area (Å²) in [5, 5.41) is 21.4. The van der Waals surface area contributed by atoms with Crippen LogP contribution in [0.1, 0.15) is 57.1 Å². The van der Waals surface area contributed by atoms with Crippen molar-refractivity contribution in [1.82, 2.24) is 0 Å². The van der Waals surface area contributed by atoms with Crippen LogP contribution in [0.25, 0.3) is 6.08 Å². The van der Waals surface area contributed by atoms with E-state index in [-0.39, 0.29) is 5.41 Å². The maximum atomic E-state index is 11.6. The summed E-state index contributed by atoms with van der Waals surface area (Å²) in [6.45, 7) is 4.76. The van der Waals surface area contributed by atoms with Gasteiger partial charge in [-0.3, -0.25) is 0 Å². The smallest absolute Gasteiger partial charge is 0.116 e. The highest BCUT2D eigenvalue weighted by Crippen LogP contribution is 2.61. The van der Waals surface area contributed by atoms with Gasteiger partial charge in [0, 0.05) is 0 Å². The van der Waals surface area contributed by atoms with Crippen molar-refractivity contribution in [1.29, 1.82) is 0 Å². The monoisotopic (exact) mass is 298 g/mol. The van der Waals surface area contributed by atoms with E-state index in [1.807, 2.05) is 12.1 Å². The minimum Gasteiger partial charge on any atom is -0.508 e. The largest absolute Gasteiger partial charge is 0.508 e. The number of benzene rings is 1. The van der Waals surface area contributed by atoms with Crippen molar-refractivity contribution in [2.24, 2.45) is 17.3 Å². The van der Waals surface area contributed by atoms with Crippen molar-refractivity contribution >= 4 is 6.08 Å². The molecular formula is C20H26O2. The van der Waals surface area contributed by atoms with Gasteiger partial charge in [-0.1, -0.05) is 26.0 Å². The molecule has 118 valence electrons. The van der Waals surface area contributed by atoms with Gasteiger partial charge in [0.05, 0.1) is 5.60 Å². The molecule has 4 rings (SSSR count). The van der Waals surface area contributed by atoms with Gasteiger partial charge >= 0.3 is 0 Å². The van der Waals surface area contributed by atoms with Gasteiger partial charge in [0.2, 0.25) is 0 Å². The number of phenolic OH excluding ortho intramolecular Hbond substituents is 1. The van der Waals surface area contributed by atoms with Gasteiger partial charge in [0.15, 0.2) is 0 Å². The Morgan fingerprint density at radius 2 is 1.95 bits per heavy atom. The average Bonchev–Trinajstić information content (AvgIpc) is 2.70. The molecule has 0 aromatic heterocycles. The van der Waals surface area contributed by atoms with Crippen LogP contribution in [0.2, 0.25) is 0 Å². The topological polar surface area (TPSA) is 40.5 Å². The zero-order valence-corrected chi connectivity index (χ0v) is 13.6. The van der Waals surface area contributed by atoms with E-state index in [0.717, 1.165) is 31.2 Å². The molecule has 3 aliphatic carbocycles. The summed E-state index contributed by atoms with van der Waals surface area (Å²) >= 11 is 0. The number of aliphatic hydroxyl groups is 1. The first-order valence-electron chi connectivity index (χ1n) is 8.69. The molecule has 22 heavy (non-hydrogen) atoms. The highest BCUT2D eigenvalue weighted by molar-refractivity contribution is 5.62. The summed E-state index contributed by atoms with van der Waals surface area (Å²) in [5.74, 6) is 1.41. The fraction of sp³-hybridized carbons (Fsp3) is 0.600. The molecule has 0 radical (unpaired) electrons. The van der Waals surface area contributed by atoms with Crippen LogP contribution in [0.5, 0.6) is 5.75 Å². The second-order valence-corrected chi connectivity index (χ2v) is 8.01. The van der Waals surface area contributed by atoms with Crippen LogP contribution in [0.4, 0.5) is 0 Å². The Morgan fingerprint density at radius 3 is 2.77 bits per heavy atom. The molecule has 2 fully saturated rings. The van der Waals surface area contributed by atoms with Crippen LogP contribution in [0.3, 0.4) is 0 Å². The molecule has 0 bridgehead atoms. The molecule has 0 heterocycles. The Bertz CT molecular complexity index is 647. The van der Waals surface area contributed by atoms with E-state index in [9.17, 15) is 10.2 Å². The van der Waals surface area contributed by atoms with E-state index in [1.54, 1.807) is 6.07 Å². The molecule has 3 aliphatic rings. The first-order valence-corrected chi connectivity index (χ1v) is 8.69. The quantitative estimate of drug-likeness (QED) is 0.749. The Balaban J connectivity index is 1.80. The maximum Gasteiger partial charge on any atom is 0.116 e. The Morgan fingerprint density at radius 1 is 1.14 bits per heavy atom. The zero-order valence-electron chi connectivity index (χ0n) is 13.6. The van der Waals surface area contributed by atoms with E-state index >= 15 is 0 Å². The summed E-state index contributed by atoms with van der Waals surface area (Å²) in [6, 6.07) is 5.62. The van der Waals surface area contributed by atoms with Gasteiger partial charge in [-0.15, -0.1) is 0 Å². The van der Waals surface area contributed by atoms with Gasteiger partial charge < -0.3 is 10.2 Å². The van der Waals surface area contributed by atoms with Crippen LogP contribution in [-0.2, 0) is 6.42 Å². The first-order chi connectivity index (χ1) is 10.4. The Kier molecular flexibility index (Phi) is 3.00. The third-order valence-electron chi connectivity index (χ3n) is 7.11. The second-order valence-electron chi connectivity index (χ2n) is 8.01. The lowest BCUT2D eigenvalue weighted by molar-refractivity contribution is -0.0680. The lowest BCUT2D eigenvalue weighted by Gasteiger charge is -2.50. The molecule has 1 aromatic carbocycles. The average molecular weight is 298 g/mol. The molecule has 2 nitrogen and oxygen atoms in total. The van der Waals surface area contributed by atoms with Crippen molar-refractivity contribution in [3.05, 3.63) is 34.9 Å². The normalized spacial score (nSPS) is 40.2. The predicted molar refractivity (Wildman–Crippen MR) is 88.6 cm³/mol. The van der Waals surface area contributed by atoms with Crippen LogP contribution >= 0.6 is 0 Å². The number of fused-ring (bicyclic) bond motifs is 4.